The summed E-state index contributed by atoms with van der Waals surface area (Å²) in [5.41, 5.74) is 1.32. The third-order valence-corrected chi connectivity index (χ3v) is 3.67. The molecule has 15 heavy (non-hydrogen) atoms. The highest BCUT2D eigenvalue weighted by atomic mass is 32.1. The molecule has 0 aliphatic rings. The average molecular weight is 220 g/mol. The Kier molecular flexibility index (Phi) is 3.23. The van der Waals surface area contributed by atoms with Gasteiger partial charge in [-0.2, -0.15) is 0 Å². The van der Waals surface area contributed by atoms with Gasteiger partial charge in [0.05, 0.1) is 0 Å². The van der Waals surface area contributed by atoms with E-state index in [0.717, 1.165) is 6.54 Å². The highest BCUT2D eigenvalue weighted by Gasteiger charge is 2.05. The fraction of sp³-hybridized carbons (Fsp3) is 0.333. The van der Waals surface area contributed by atoms with Crippen LogP contribution in [0.2, 0.25) is 0 Å². The van der Waals surface area contributed by atoms with E-state index in [2.05, 4.69) is 59.7 Å². The van der Waals surface area contributed by atoms with E-state index in [0.29, 0.717) is 6.04 Å². The molecule has 2 aromatic heterocycles. The summed E-state index contributed by atoms with van der Waals surface area (Å²) in [7, 11) is 2.08. The van der Waals surface area contributed by atoms with E-state index in [1.807, 2.05) is 0 Å². The highest BCUT2D eigenvalue weighted by Crippen LogP contribution is 2.18. The van der Waals surface area contributed by atoms with Crippen LogP contribution in [-0.4, -0.2) is 4.57 Å². The number of nitrogens with one attached hydrogen (secondary N) is 1. The summed E-state index contributed by atoms with van der Waals surface area (Å²) >= 11 is 1.80. The second-order valence-corrected chi connectivity index (χ2v) is 4.71. The molecule has 0 amide bonds. The van der Waals surface area contributed by atoms with Crippen molar-refractivity contribution in [2.24, 2.45) is 7.05 Å². The second-order valence-electron chi connectivity index (χ2n) is 3.73. The minimum atomic E-state index is 0.430. The predicted octanol–water partition coefficient (Wildman–Crippen LogP) is 2.94. The van der Waals surface area contributed by atoms with Crippen molar-refractivity contribution in [3.63, 3.8) is 0 Å². The molecule has 2 aromatic rings. The minimum absolute atomic E-state index is 0.430. The zero-order valence-corrected chi connectivity index (χ0v) is 9.92. The van der Waals surface area contributed by atoms with E-state index in [4.69, 9.17) is 0 Å². The van der Waals surface area contributed by atoms with Crippen LogP contribution >= 0.6 is 11.3 Å². The molecule has 0 aliphatic heterocycles. The van der Waals surface area contributed by atoms with Crippen LogP contribution in [0.1, 0.15) is 23.5 Å². The van der Waals surface area contributed by atoms with Crippen molar-refractivity contribution < 1.29 is 0 Å². The Morgan fingerprint density at radius 3 is 2.87 bits per heavy atom. The Hall–Kier alpha value is -1.06. The van der Waals surface area contributed by atoms with Crippen LogP contribution in [0, 0.1) is 0 Å². The Morgan fingerprint density at radius 2 is 2.27 bits per heavy atom. The highest BCUT2D eigenvalue weighted by molar-refractivity contribution is 7.10. The third-order valence-electron chi connectivity index (χ3n) is 2.61. The lowest BCUT2D eigenvalue weighted by molar-refractivity contribution is 0.565. The first kappa shape index (κ1) is 10.5. The molecular weight excluding hydrogens is 204 g/mol. The molecule has 1 atom stereocenters. The molecular formula is C12H16N2S. The fourth-order valence-electron chi connectivity index (χ4n) is 1.58. The van der Waals surface area contributed by atoms with Gasteiger partial charge in [0, 0.05) is 36.4 Å². The number of thiophene rings is 1. The van der Waals surface area contributed by atoms with Crippen LogP contribution in [0.25, 0.3) is 0 Å². The van der Waals surface area contributed by atoms with Gasteiger partial charge in [-0.1, -0.05) is 6.07 Å². The molecule has 3 heteroatoms. The first-order chi connectivity index (χ1) is 7.27. The molecule has 0 aliphatic carbocycles. The molecule has 1 N–H and O–H groups in total. The van der Waals surface area contributed by atoms with E-state index in [-0.39, 0.29) is 0 Å². The van der Waals surface area contributed by atoms with E-state index in [1.54, 1.807) is 11.3 Å². The third kappa shape index (κ3) is 2.49. The SMILES string of the molecule is CC(NCc1cccn1C)c1cccs1. The zero-order chi connectivity index (χ0) is 10.7. The lowest BCUT2D eigenvalue weighted by atomic mass is 10.2. The first-order valence-corrected chi connectivity index (χ1v) is 6.02. The number of hydrogen-bond donors (Lipinski definition) is 1. The van der Waals surface area contributed by atoms with E-state index < -0.39 is 0 Å². The Labute approximate surface area is 94.6 Å². The summed E-state index contributed by atoms with van der Waals surface area (Å²) in [5.74, 6) is 0. The van der Waals surface area contributed by atoms with Crippen LogP contribution in [0.5, 0.6) is 0 Å². The first-order valence-electron chi connectivity index (χ1n) is 5.14. The molecule has 1 unspecified atom stereocenters. The maximum absolute atomic E-state index is 3.52. The number of aromatic nitrogens is 1. The van der Waals surface area contributed by atoms with Gasteiger partial charge >= 0.3 is 0 Å². The van der Waals surface area contributed by atoms with Crippen LogP contribution in [0.15, 0.2) is 35.8 Å². The van der Waals surface area contributed by atoms with Crippen molar-refractivity contribution >= 4 is 11.3 Å². The summed E-state index contributed by atoms with van der Waals surface area (Å²) in [6, 6.07) is 8.93. The number of rotatable bonds is 4. The molecule has 2 nitrogen and oxygen atoms in total. The van der Waals surface area contributed by atoms with Crippen molar-refractivity contribution in [1.29, 1.82) is 0 Å². The fourth-order valence-corrected chi connectivity index (χ4v) is 2.33. The van der Waals surface area contributed by atoms with Crippen LogP contribution in [0.4, 0.5) is 0 Å². The van der Waals surface area contributed by atoms with Gasteiger partial charge in [0.25, 0.3) is 0 Å². The van der Waals surface area contributed by atoms with Crippen molar-refractivity contribution in [2.75, 3.05) is 0 Å². The normalized spacial score (nSPS) is 12.9. The van der Waals surface area contributed by atoms with Gasteiger partial charge in [-0.05, 0) is 30.5 Å². The quantitative estimate of drug-likeness (QED) is 0.838. The average Bonchev–Trinajstić information content (AvgIpc) is 2.85. The summed E-state index contributed by atoms with van der Waals surface area (Å²) < 4.78 is 2.15. The standard InChI is InChI=1S/C12H16N2S/c1-10(12-6-4-8-15-12)13-9-11-5-3-7-14(11)2/h3-8,10,13H,9H2,1-2H3. The van der Waals surface area contributed by atoms with Gasteiger partial charge in [0.1, 0.15) is 0 Å². The molecule has 80 valence electrons. The Balaban J connectivity index is 1.91. The Bertz CT molecular complexity index is 403. The lowest BCUT2D eigenvalue weighted by Crippen LogP contribution is -2.18. The molecule has 0 aromatic carbocycles. The van der Waals surface area contributed by atoms with Crippen molar-refractivity contribution in [1.82, 2.24) is 9.88 Å². The van der Waals surface area contributed by atoms with Gasteiger partial charge in [-0.15, -0.1) is 11.3 Å². The number of hydrogen-bond acceptors (Lipinski definition) is 2. The monoisotopic (exact) mass is 220 g/mol. The maximum Gasteiger partial charge on any atom is 0.0389 e. The number of aryl methyl sites for hydroxylation is 1. The van der Waals surface area contributed by atoms with Crippen LogP contribution < -0.4 is 5.32 Å². The molecule has 2 rings (SSSR count). The topological polar surface area (TPSA) is 17.0 Å². The summed E-state index contributed by atoms with van der Waals surface area (Å²) in [4.78, 5) is 1.39. The zero-order valence-electron chi connectivity index (χ0n) is 9.10. The van der Waals surface area contributed by atoms with Crippen molar-refractivity contribution in [2.45, 2.75) is 19.5 Å². The molecule has 0 spiro atoms. The maximum atomic E-state index is 3.52. The lowest BCUT2D eigenvalue weighted by Gasteiger charge is -2.12. The summed E-state index contributed by atoms with van der Waals surface area (Å²) in [5, 5.41) is 5.64. The van der Waals surface area contributed by atoms with Crippen LogP contribution in [-0.2, 0) is 13.6 Å². The van der Waals surface area contributed by atoms with Gasteiger partial charge in [-0.25, -0.2) is 0 Å². The predicted molar refractivity (Wildman–Crippen MR) is 65.0 cm³/mol. The van der Waals surface area contributed by atoms with E-state index >= 15 is 0 Å². The number of nitrogens with zero attached hydrogens (tertiary/aromatic N) is 1. The second kappa shape index (κ2) is 4.64. The van der Waals surface area contributed by atoms with Gasteiger partial charge in [0.15, 0.2) is 0 Å². The largest absolute Gasteiger partial charge is 0.353 e. The Morgan fingerprint density at radius 1 is 1.40 bits per heavy atom. The van der Waals surface area contributed by atoms with E-state index in [1.165, 1.54) is 10.6 Å². The summed E-state index contributed by atoms with van der Waals surface area (Å²) in [6.45, 7) is 3.12. The smallest absolute Gasteiger partial charge is 0.0389 e. The van der Waals surface area contributed by atoms with Gasteiger partial charge < -0.3 is 9.88 Å². The van der Waals surface area contributed by atoms with Crippen molar-refractivity contribution in [3.8, 4) is 0 Å². The van der Waals surface area contributed by atoms with Crippen molar-refractivity contribution in [3.05, 3.63) is 46.4 Å². The molecule has 0 bridgehead atoms. The molecule has 0 saturated heterocycles. The van der Waals surface area contributed by atoms with Crippen LogP contribution in [0.3, 0.4) is 0 Å². The van der Waals surface area contributed by atoms with Gasteiger partial charge in [0.2, 0.25) is 0 Å². The molecule has 0 fully saturated rings. The van der Waals surface area contributed by atoms with E-state index in [9.17, 15) is 0 Å². The van der Waals surface area contributed by atoms with Gasteiger partial charge in [-0.3, -0.25) is 0 Å². The summed E-state index contributed by atoms with van der Waals surface area (Å²) in [6.07, 6.45) is 2.08. The molecule has 2 heterocycles. The molecule has 0 radical (unpaired) electrons. The minimum Gasteiger partial charge on any atom is -0.353 e. The molecule has 0 saturated carbocycles.